The summed E-state index contributed by atoms with van der Waals surface area (Å²) in [6, 6.07) is 7.76. The summed E-state index contributed by atoms with van der Waals surface area (Å²) >= 11 is 0. The van der Waals surface area contributed by atoms with E-state index in [4.69, 9.17) is 4.74 Å². The maximum Gasteiger partial charge on any atom is 0.322 e. The third-order valence-corrected chi connectivity index (χ3v) is 3.42. The molecule has 0 radical (unpaired) electrons. The summed E-state index contributed by atoms with van der Waals surface area (Å²) in [6.07, 6.45) is 0.682. The Morgan fingerprint density at radius 3 is 2.90 bits per heavy atom. The zero-order valence-electron chi connectivity index (χ0n) is 12.2. The number of methoxy groups -OCH3 is 1. The SMILES string of the molecule is CCNC(CCn1c(C)nc2ccccc21)C(=O)OC. The Bertz CT molecular complexity index is 592. The Morgan fingerprint density at radius 1 is 1.45 bits per heavy atom. The Balaban J connectivity index is 2.15. The van der Waals surface area contributed by atoms with E-state index in [1.807, 2.05) is 32.0 Å². The van der Waals surface area contributed by atoms with Crippen molar-refractivity contribution < 1.29 is 9.53 Å². The number of imidazole rings is 1. The number of para-hydroxylation sites is 2. The molecule has 2 aromatic rings. The van der Waals surface area contributed by atoms with Gasteiger partial charge in [-0.15, -0.1) is 0 Å². The minimum absolute atomic E-state index is 0.214. The predicted octanol–water partition coefficient (Wildman–Crippen LogP) is 1.89. The van der Waals surface area contributed by atoms with Crippen molar-refractivity contribution in [2.45, 2.75) is 32.9 Å². The topological polar surface area (TPSA) is 56.2 Å². The van der Waals surface area contributed by atoms with Crippen LogP contribution in [0, 0.1) is 6.92 Å². The molecule has 1 aromatic heterocycles. The Hall–Kier alpha value is -1.88. The quantitative estimate of drug-likeness (QED) is 0.818. The molecule has 0 aliphatic heterocycles. The van der Waals surface area contributed by atoms with Crippen LogP contribution in [0.2, 0.25) is 0 Å². The zero-order valence-corrected chi connectivity index (χ0v) is 12.2. The summed E-state index contributed by atoms with van der Waals surface area (Å²) < 4.78 is 6.97. The third kappa shape index (κ3) is 2.99. The Labute approximate surface area is 118 Å². The van der Waals surface area contributed by atoms with Crippen molar-refractivity contribution in [3.8, 4) is 0 Å². The summed E-state index contributed by atoms with van der Waals surface area (Å²) in [5, 5.41) is 3.15. The number of benzene rings is 1. The normalized spacial score (nSPS) is 12.6. The van der Waals surface area contributed by atoms with Crippen molar-refractivity contribution >= 4 is 17.0 Å². The van der Waals surface area contributed by atoms with Crippen molar-refractivity contribution in [2.24, 2.45) is 0 Å². The van der Waals surface area contributed by atoms with Crippen LogP contribution < -0.4 is 5.32 Å². The van der Waals surface area contributed by atoms with Gasteiger partial charge in [0.2, 0.25) is 0 Å². The van der Waals surface area contributed by atoms with Crippen molar-refractivity contribution in [1.29, 1.82) is 0 Å². The Morgan fingerprint density at radius 2 is 2.20 bits per heavy atom. The molecular formula is C15H21N3O2. The van der Waals surface area contributed by atoms with E-state index in [1.165, 1.54) is 7.11 Å². The van der Waals surface area contributed by atoms with Gasteiger partial charge in [0.15, 0.2) is 0 Å². The van der Waals surface area contributed by atoms with Crippen LogP contribution >= 0.6 is 0 Å². The molecule has 1 aromatic carbocycles. The average Bonchev–Trinajstić information content (AvgIpc) is 2.78. The second-order valence-corrected chi connectivity index (χ2v) is 4.72. The summed E-state index contributed by atoms with van der Waals surface area (Å²) in [5.74, 6) is 0.750. The molecule has 0 amide bonds. The van der Waals surface area contributed by atoms with Crippen LogP contribution in [0.15, 0.2) is 24.3 Å². The molecule has 1 unspecified atom stereocenters. The fourth-order valence-electron chi connectivity index (χ4n) is 2.43. The number of hydrogen-bond donors (Lipinski definition) is 1. The van der Waals surface area contributed by atoms with Crippen molar-refractivity contribution in [3.05, 3.63) is 30.1 Å². The second kappa shape index (κ2) is 6.52. The van der Waals surface area contributed by atoms with E-state index in [0.717, 1.165) is 29.9 Å². The Kier molecular flexibility index (Phi) is 4.74. The molecule has 108 valence electrons. The highest BCUT2D eigenvalue weighted by Gasteiger charge is 2.18. The lowest BCUT2D eigenvalue weighted by molar-refractivity contribution is -0.143. The fourth-order valence-corrected chi connectivity index (χ4v) is 2.43. The first-order chi connectivity index (χ1) is 9.67. The molecule has 0 spiro atoms. The van der Waals surface area contributed by atoms with Crippen molar-refractivity contribution in [1.82, 2.24) is 14.9 Å². The van der Waals surface area contributed by atoms with Gasteiger partial charge in [-0.25, -0.2) is 4.98 Å². The van der Waals surface area contributed by atoms with Gasteiger partial charge in [0.1, 0.15) is 11.9 Å². The molecule has 0 saturated heterocycles. The lowest BCUT2D eigenvalue weighted by Crippen LogP contribution is -2.38. The molecule has 0 aliphatic carbocycles. The molecule has 0 bridgehead atoms. The molecule has 5 nitrogen and oxygen atoms in total. The van der Waals surface area contributed by atoms with Gasteiger partial charge in [0, 0.05) is 6.54 Å². The number of carbonyl (C=O) groups is 1. The largest absolute Gasteiger partial charge is 0.468 e. The van der Waals surface area contributed by atoms with Gasteiger partial charge in [0.25, 0.3) is 0 Å². The molecule has 0 saturated carbocycles. The highest BCUT2D eigenvalue weighted by Crippen LogP contribution is 2.16. The molecule has 1 N–H and O–H groups in total. The standard InChI is InChI=1S/C15H21N3O2/c1-4-16-13(15(19)20-3)9-10-18-11(2)17-12-7-5-6-8-14(12)18/h5-8,13,16H,4,9-10H2,1-3H3. The minimum atomic E-state index is -0.273. The number of rotatable bonds is 6. The number of esters is 1. The van der Waals surface area contributed by atoms with Crippen LogP contribution in [0.1, 0.15) is 19.2 Å². The van der Waals surface area contributed by atoms with Gasteiger partial charge in [-0.05, 0) is 32.0 Å². The molecule has 0 fully saturated rings. The number of nitrogens with zero attached hydrogens (tertiary/aromatic N) is 2. The van der Waals surface area contributed by atoms with E-state index in [-0.39, 0.29) is 12.0 Å². The van der Waals surface area contributed by atoms with Crippen LogP contribution in [-0.4, -0.2) is 35.2 Å². The highest BCUT2D eigenvalue weighted by atomic mass is 16.5. The third-order valence-electron chi connectivity index (χ3n) is 3.42. The minimum Gasteiger partial charge on any atom is -0.468 e. The maximum absolute atomic E-state index is 11.7. The summed E-state index contributed by atoms with van der Waals surface area (Å²) in [5.41, 5.74) is 2.09. The lowest BCUT2D eigenvalue weighted by atomic mass is 10.2. The van der Waals surface area contributed by atoms with Gasteiger partial charge in [-0.3, -0.25) is 4.79 Å². The first-order valence-electron chi connectivity index (χ1n) is 6.90. The number of aryl methyl sites for hydroxylation is 2. The number of nitrogens with one attached hydrogen (secondary N) is 1. The zero-order chi connectivity index (χ0) is 14.5. The van der Waals surface area contributed by atoms with E-state index in [2.05, 4.69) is 20.9 Å². The van der Waals surface area contributed by atoms with E-state index in [9.17, 15) is 4.79 Å². The van der Waals surface area contributed by atoms with Gasteiger partial charge in [-0.2, -0.15) is 0 Å². The monoisotopic (exact) mass is 275 g/mol. The highest BCUT2D eigenvalue weighted by molar-refractivity contribution is 5.76. The molecule has 1 atom stereocenters. The first-order valence-corrected chi connectivity index (χ1v) is 6.90. The number of ether oxygens (including phenoxy) is 1. The van der Waals surface area contributed by atoms with Crippen molar-refractivity contribution in [3.63, 3.8) is 0 Å². The smallest absolute Gasteiger partial charge is 0.322 e. The molecule has 0 aliphatic rings. The van der Waals surface area contributed by atoms with Gasteiger partial charge < -0.3 is 14.6 Å². The molecule has 1 heterocycles. The average molecular weight is 275 g/mol. The number of likely N-dealkylation sites (N-methyl/N-ethyl adjacent to an activating group) is 1. The predicted molar refractivity (Wildman–Crippen MR) is 78.6 cm³/mol. The van der Waals surface area contributed by atoms with Gasteiger partial charge in [0.05, 0.1) is 18.1 Å². The van der Waals surface area contributed by atoms with E-state index in [0.29, 0.717) is 6.42 Å². The van der Waals surface area contributed by atoms with Gasteiger partial charge >= 0.3 is 5.97 Å². The van der Waals surface area contributed by atoms with E-state index >= 15 is 0 Å². The van der Waals surface area contributed by atoms with Crippen LogP contribution in [0.4, 0.5) is 0 Å². The van der Waals surface area contributed by atoms with Crippen LogP contribution in [0.25, 0.3) is 11.0 Å². The molecule has 2 rings (SSSR count). The maximum atomic E-state index is 11.7. The van der Waals surface area contributed by atoms with Crippen molar-refractivity contribution in [2.75, 3.05) is 13.7 Å². The molecule has 20 heavy (non-hydrogen) atoms. The van der Waals surface area contributed by atoms with Crippen LogP contribution in [0.5, 0.6) is 0 Å². The number of fused-ring (bicyclic) bond motifs is 1. The van der Waals surface area contributed by atoms with E-state index in [1.54, 1.807) is 0 Å². The number of hydrogen-bond acceptors (Lipinski definition) is 4. The summed E-state index contributed by atoms with van der Waals surface area (Å²) in [7, 11) is 1.42. The first kappa shape index (κ1) is 14.5. The second-order valence-electron chi connectivity index (χ2n) is 4.72. The summed E-state index contributed by atoms with van der Waals surface area (Å²) in [4.78, 5) is 16.2. The van der Waals surface area contributed by atoms with Gasteiger partial charge in [-0.1, -0.05) is 19.1 Å². The number of carbonyl (C=O) groups excluding carboxylic acids is 1. The molecule has 5 heteroatoms. The summed E-state index contributed by atoms with van der Waals surface area (Å²) in [6.45, 7) is 5.44. The lowest BCUT2D eigenvalue weighted by Gasteiger charge is -2.16. The van der Waals surface area contributed by atoms with Crippen LogP contribution in [0.3, 0.4) is 0 Å². The number of aromatic nitrogens is 2. The molecular weight excluding hydrogens is 254 g/mol. The van der Waals surface area contributed by atoms with Crippen LogP contribution in [-0.2, 0) is 16.1 Å². The fraction of sp³-hybridized carbons (Fsp3) is 0.467. The van der Waals surface area contributed by atoms with E-state index < -0.39 is 0 Å².